The topological polar surface area (TPSA) is 114 Å². The van der Waals surface area contributed by atoms with Crippen molar-refractivity contribution in [3.05, 3.63) is 83.4 Å². The minimum Gasteiger partial charge on any atom is -0.457 e. The SMILES string of the molecule is O=C(Nc1ccc(Oc2ccc3c(c2)C(=O)N(CC2CCCO2)C3=O)cc1)c1ccc(NC(=O)C2CC2)cc1. The summed E-state index contributed by atoms with van der Waals surface area (Å²) in [5, 5.41) is 5.69. The maximum Gasteiger partial charge on any atom is 0.261 e. The highest BCUT2D eigenvalue weighted by Crippen LogP contribution is 2.32. The van der Waals surface area contributed by atoms with Gasteiger partial charge >= 0.3 is 0 Å². The third-order valence-corrected chi connectivity index (χ3v) is 7.06. The van der Waals surface area contributed by atoms with Gasteiger partial charge in [-0.2, -0.15) is 0 Å². The summed E-state index contributed by atoms with van der Waals surface area (Å²) in [5.41, 5.74) is 2.39. The maximum absolute atomic E-state index is 12.9. The molecular weight excluding hydrogens is 498 g/mol. The Balaban J connectivity index is 1.06. The Morgan fingerprint density at radius 3 is 2.18 bits per heavy atom. The standard InChI is InChI=1S/C30H27N3O6/c34-27(18-3-4-18)31-20-7-5-19(6-8-20)28(35)32-21-9-11-22(12-10-21)39-23-13-14-25-26(16-23)30(37)33(29(25)36)17-24-2-1-15-38-24/h5-14,16,18,24H,1-4,15,17H2,(H,31,34)(H,32,35). The van der Waals surface area contributed by atoms with E-state index in [9.17, 15) is 19.2 Å². The summed E-state index contributed by atoms with van der Waals surface area (Å²) in [7, 11) is 0. The number of carbonyl (C=O) groups is 4. The highest BCUT2D eigenvalue weighted by Gasteiger charge is 2.37. The Labute approximate surface area is 225 Å². The average molecular weight is 526 g/mol. The Kier molecular flexibility index (Phi) is 6.58. The molecule has 2 N–H and O–H groups in total. The first-order valence-electron chi connectivity index (χ1n) is 13.1. The van der Waals surface area contributed by atoms with E-state index in [2.05, 4.69) is 10.6 Å². The molecule has 4 amide bonds. The smallest absolute Gasteiger partial charge is 0.261 e. The van der Waals surface area contributed by atoms with Gasteiger partial charge in [-0.25, -0.2) is 0 Å². The molecule has 9 heteroatoms. The molecule has 1 aliphatic carbocycles. The van der Waals surface area contributed by atoms with E-state index in [0.29, 0.717) is 46.2 Å². The van der Waals surface area contributed by atoms with Crippen molar-refractivity contribution < 1.29 is 28.7 Å². The van der Waals surface area contributed by atoms with Crippen LogP contribution in [0.4, 0.5) is 11.4 Å². The minimum atomic E-state index is -0.340. The number of anilines is 2. The number of nitrogens with one attached hydrogen (secondary N) is 2. The van der Waals surface area contributed by atoms with E-state index in [1.807, 2.05) is 0 Å². The molecule has 0 aromatic heterocycles. The number of hydrogen-bond acceptors (Lipinski definition) is 6. The molecular formula is C30H27N3O6. The highest BCUT2D eigenvalue weighted by atomic mass is 16.5. The van der Waals surface area contributed by atoms with Gasteiger partial charge in [0.05, 0.1) is 23.8 Å². The van der Waals surface area contributed by atoms with Crippen LogP contribution in [0.25, 0.3) is 0 Å². The molecule has 1 atom stereocenters. The Bertz CT molecular complexity index is 1440. The molecule has 1 saturated heterocycles. The van der Waals surface area contributed by atoms with Crippen molar-refractivity contribution >= 4 is 35.0 Å². The van der Waals surface area contributed by atoms with Crippen LogP contribution >= 0.6 is 0 Å². The van der Waals surface area contributed by atoms with E-state index in [4.69, 9.17) is 9.47 Å². The van der Waals surface area contributed by atoms with Crippen molar-refractivity contribution in [3.63, 3.8) is 0 Å². The molecule has 1 saturated carbocycles. The van der Waals surface area contributed by atoms with Crippen LogP contribution in [-0.4, -0.2) is 47.8 Å². The second-order valence-electron chi connectivity index (χ2n) is 9.98. The van der Waals surface area contributed by atoms with Crippen molar-refractivity contribution in [3.8, 4) is 11.5 Å². The zero-order chi connectivity index (χ0) is 26.9. The lowest BCUT2D eigenvalue weighted by Crippen LogP contribution is -2.36. The molecule has 0 radical (unpaired) electrons. The van der Waals surface area contributed by atoms with E-state index < -0.39 is 0 Å². The van der Waals surface area contributed by atoms with Gasteiger partial charge in [-0.05, 0) is 92.4 Å². The van der Waals surface area contributed by atoms with Gasteiger partial charge in [-0.15, -0.1) is 0 Å². The van der Waals surface area contributed by atoms with E-state index in [-0.39, 0.29) is 42.2 Å². The first-order chi connectivity index (χ1) is 18.9. The molecule has 2 aliphatic heterocycles. The number of carbonyl (C=O) groups excluding carboxylic acids is 4. The van der Waals surface area contributed by atoms with Crippen LogP contribution in [0.1, 0.15) is 56.8 Å². The largest absolute Gasteiger partial charge is 0.457 e. The zero-order valence-corrected chi connectivity index (χ0v) is 21.1. The fraction of sp³-hybridized carbons (Fsp3) is 0.267. The van der Waals surface area contributed by atoms with Crippen molar-refractivity contribution in [1.82, 2.24) is 4.90 Å². The van der Waals surface area contributed by atoms with Crippen molar-refractivity contribution in [2.75, 3.05) is 23.8 Å². The minimum absolute atomic E-state index is 0.0193. The van der Waals surface area contributed by atoms with Crippen LogP contribution in [0.3, 0.4) is 0 Å². The number of hydrogen-bond donors (Lipinski definition) is 2. The maximum atomic E-state index is 12.9. The number of fused-ring (bicyclic) bond motifs is 1. The van der Waals surface area contributed by atoms with E-state index in [0.717, 1.165) is 25.7 Å². The molecule has 2 heterocycles. The normalized spacial score (nSPS) is 18.2. The van der Waals surface area contributed by atoms with Crippen LogP contribution in [0.15, 0.2) is 66.7 Å². The summed E-state index contributed by atoms with van der Waals surface area (Å²) in [5.74, 6) is 0.142. The third-order valence-electron chi connectivity index (χ3n) is 7.06. The van der Waals surface area contributed by atoms with Gasteiger partial charge in [0, 0.05) is 29.5 Å². The first-order valence-corrected chi connectivity index (χ1v) is 13.1. The van der Waals surface area contributed by atoms with Crippen LogP contribution in [0.2, 0.25) is 0 Å². The van der Waals surface area contributed by atoms with Crippen molar-refractivity contribution in [2.45, 2.75) is 31.8 Å². The van der Waals surface area contributed by atoms with Gasteiger partial charge in [0.15, 0.2) is 0 Å². The van der Waals surface area contributed by atoms with Gasteiger partial charge < -0.3 is 20.1 Å². The molecule has 39 heavy (non-hydrogen) atoms. The summed E-state index contributed by atoms with van der Waals surface area (Å²) >= 11 is 0. The first kappa shape index (κ1) is 24.8. The number of nitrogens with zero attached hydrogens (tertiary/aromatic N) is 1. The lowest BCUT2D eigenvalue weighted by atomic mass is 10.1. The molecule has 0 bridgehead atoms. The summed E-state index contributed by atoms with van der Waals surface area (Å²) < 4.78 is 11.5. The summed E-state index contributed by atoms with van der Waals surface area (Å²) in [6.45, 7) is 0.916. The second kappa shape index (κ2) is 10.3. The number of amides is 4. The summed E-state index contributed by atoms with van der Waals surface area (Å²) in [6, 6.07) is 18.4. The van der Waals surface area contributed by atoms with Gasteiger partial charge in [0.1, 0.15) is 11.5 Å². The molecule has 6 rings (SSSR count). The molecule has 0 spiro atoms. The predicted molar refractivity (Wildman–Crippen MR) is 143 cm³/mol. The van der Waals surface area contributed by atoms with Crippen LogP contribution in [0.5, 0.6) is 11.5 Å². The van der Waals surface area contributed by atoms with Gasteiger partial charge in [0.2, 0.25) is 5.91 Å². The third kappa shape index (κ3) is 5.39. The quantitative estimate of drug-likeness (QED) is 0.406. The van der Waals surface area contributed by atoms with Crippen molar-refractivity contribution in [2.24, 2.45) is 5.92 Å². The number of imide groups is 1. The number of benzene rings is 3. The van der Waals surface area contributed by atoms with Crippen LogP contribution in [-0.2, 0) is 9.53 Å². The Hall–Kier alpha value is -4.50. The molecule has 9 nitrogen and oxygen atoms in total. The molecule has 3 aromatic rings. The zero-order valence-electron chi connectivity index (χ0n) is 21.1. The molecule has 2 fully saturated rings. The van der Waals surface area contributed by atoms with Gasteiger partial charge in [-0.3, -0.25) is 24.1 Å². The molecule has 3 aliphatic rings. The summed E-state index contributed by atoms with van der Waals surface area (Å²) in [4.78, 5) is 51.4. The fourth-order valence-corrected chi connectivity index (χ4v) is 4.73. The van der Waals surface area contributed by atoms with E-state index in [1.54, 1.807) is 66.7 Å². The predicted octanol–water partition coefficient (Wildman–Crippen LogP) is 4.85. The Morgan fingerprint density at radius 1 is 0.821 bits per heavy atom. The molecule has 198 valence electrons. The lowest BCUT2D eigenvalue weighted by Gasteiger charge is -2.17. The Morgan fingerprint density at radius 2 is 1.49 bits per heavy atom. The molecule has 3 aromatic carbocycles. The average Bonchev–Trinajstić information content (AvgIpc) is 3.63. The summed E-state index contributed by atoms with van der Waals surface area (Å²) in [6.07, 6.45) is 3.52. The second-order valence-corrected chi connectivity index (χ2v) is 9.98. The lowest BCUT2D eigenvalue weighted by molar-refractivity contribution is -0.117. The van der Waals surface area contributed by atoms with E-state index >= 15 is 0 Å². The highest BCUT2D eigenvalue weighted by molar-refractivity contribution is 6.21. The van der Waals surface area contributed by atoms with E-state index in [1.165, 1.54) is 4.90 Å². The fourth-order valence-electron chi connectivity index (χ4n) is 4.73. The number of rotatable bonds is 8. The van der Waals surface area contributed by atoms with Crippen LogP contribution in [0, 0.1) is 5.92 Å². The van der Waals surface area contributed by atoms with Gasteiger partial charge in [-0.1, -0.05) is 0 Å². The van der Waals surface area contributed by atoms with Crippen LogP contribution < -0.4 is 15.4 Å². The monoisotopic (exact) mass is 525 g/mol. The van der Waals surface area contributed by atoms with Crippen molar-refractivity contribution in [1.29, 1.82) is 0 Å². The number of ether oxygens (including phenoxy) is 2. The molecule has 1 unspecified atom stereocenters. The van der Waals surface area contributed by atoms with Gasteiger partial charge in [0.25, 0.3) is 17.7 Å².